The van der Waals surface area contributed by atoms with Crippen molar-refractivity contribution in [1.29, 1.82) is 0 Å². The summed E-state index contributed by atoms with van der Waals surface area (Å²) in [5.74, 6) is 1.05. The average Bonchev–Trinajstić information content (AvgIpc) is 3.16. The van der Waals surface area contributed by atoms with Gasteiger partial charge in [-0.1, -0.05) is 24.3 Å². The van der Waals surface area contributed by atoms with Crippen molar-refractivity contribution < 1.29 is 4.74 Å². The molecule has 7 heteroatoms. The summed E-state index contributed by atoms with van der Waals surface area (Å²) in [4.78, 5) is 12.2. The number of ether oxygens (including phenoxy) is 1. The summed E-state index contributed by atoms with van der Waals surface area (Å²) >= 11 is 0. The number of rotatable bonds is 6. The number of aliphatic imine (C=N–C) groups is 1. The van der Waals surface area contributed by atoms with Crippen LogP contribution in [-0.4, -0.2) is 86.7 Å². The Morgan fingerprint density at radius 2 is 1.89 bits per heavy atom. The smallest absolute Gasteiger partial charge is 0.194 e. The average molecular weight is 501 g/mol. The fourth-order valence-corrected chi connectivity index (χ4v) is 3.97. The molecule has 0 spiro atoms. The molecule has 3 rings (SSSR count). The van der Waals surface area contributed by atoms with Gasteiger partial charge in [0, 0.05) is 45.3 Å². The second-order valence-electron chi connectivity index (χ2n) is 7.71. The lowest BCUT2D eigenvalue weighted by molar-refractivity contribution is 0.0195. The second-order valence-corrected chi connectivity index (χ2v) is 7.71. The van der Waals surface area contributed by atoms with E-state index in [9.17, 15) is 0 Å². The molecule has 2 fully saturated rings. The molecule has 0 radical (unpaired) electrons. The van der Waals surface area contributed by atoms with Gasteiger partial charge in [0.05, 0.1) is 19.8 Å². The lowest BCUT2D eigenvalue weighted by Gasteiger charge is -2.32. The maximum atomic E-state index is 5.50. The highest BCUT2D eigenvalue weighted by Crippen LogP contribution is 2.18. The van der Waals surface area contributed by atoms with E-state index in [2.05, 4.69) is 65.3 Å². The quantitative estimate of drug-likeness (QED) is 0.368. The van der Waals surface area contributed by atoms with Crippen LogP contribution in [0.4, 0.5) is 0 Å². The fourth-order valence-electron chi connectivity index (χ4n) is 3.97. The van der Waals surface area contributed by atoms with Crippen molar-refractivity contribution in [1.82, 2.24) is 20.0 Å². The summed E-state index contributed by atoms with van der Waals surface area (Å²) in [5, 5.41) is 3.50. The number of hydrogen-bond acceptors (Lipinski definition) is 4. The summed E-state index contributed by atoms with van der Waals surface area (Å²) in [5.41, 5.74) is 2.67. The number of likely N-dealkylation sites (tertiary alicyclic amines) is 1. The first-order valence-electron chi connectivity index (χ1n) is 10.2. The van der Waals surface area contributed by atoms with E-state index in [0.717, 1.165) is 65.0 Å². The molecule has 0 saturated carbocycles. The summed E-state index contributed by atoms with van der Waals surface area (Å²) < 4.78 is 5.50. The second kappa shape index (κ2) is 11.9. The lowest BCUT2D eigenvalue weighted by atomic mass is 10.1. The molecule has 158 valence electrons. The van der Waals surface area contributed by atoms with Crippen molar-refractivity contribution in [3.63, 3.8) is 0 Å². The standard InChI is InChI=1S/C21H35N5O.HI/c1-4-22-21(23-15-18-7-5-6-8-19(18)16-24(2)3)26-10-9-20(17-26)25-11-13-27-14-12-25;/h5-8,20H,4,9-17H2,1-3H3,(H,22,23);1H. The Morgan fingerprint density at radius 3 is 2.57 bits per heavy atom. The Bertz CT molecular complexity index is 619. The van der Waals surface area contributed by atoms with Gasteiger partial charge in [-0.3, -0.25) is 4.90 Å². The van der Waals surface area contributed by atoms with E-state index in [-0.39, 0.29) is 24.0 Å². The molecule has 1 atom stereocenters. The monoisotopic (exact) mass is 501 g/mol. The number of benzene rings is 1. The number of nitrogens with one attached hydrogen (secondary N) is 1. The molecule has 1 unspecified atom stereocenters. The van der Waals surface area contributed by atoms with Gasteiger partial charge < -0.3 is 19.9 Å². The first-order chi connectivity index (χ1) is 13.2. The third-order valence-electron chi connectivity index (χ3n) is 5.36. The lowest BCUT2D eigenvalue weighted by Crippen LogP contribution is -2.46. The Hall–Kier alpha value is -0.900. The van der Waals surface area contributed by atoms with Crippen LogP contribution < -0.4 is 5.32 Å². The molecule has 0 bridgehead atoms. The molecule has 0 aromatic heterocycles. The first-order valence-corrected chi connectivity index (χ1v) is 10.2. The zero-order valence-corrected chi connectivity index (χ0v) is 19.9. The van der Waals surface area contributed by atoms with Crippen LogP contribution in [0.1, 0.15) is 24.5 Å². The van der Waals surface area contributed by atoms with E-state index in [1.807, 2.05) is 0 Å². The van der Waals surface area contributed by atoms with Crippen LogP contribution in [-0.2, 0) is 17.8 Å². The molecule has 2 heterocycles. The molecule has 1 N–H and O–H groups in total. The van der Waals surface area contributed by atoms with Crippen LogP contribution in [0.25, 0.3) is 0 Å². The minimum atomic E-state index is 0. The van der Waals surface area contributed by atoms with Gasteiger partial charge in [-0.05, 0) is 38.6 Å². The maximum Gasteiger partial charge on any atom is 0.194 e. The van der Waals surface area contributed by atoms with Gasteiger partial charge in [0.1, 0.15) is 0 Å². The summed E-state index contributed by atoms with van der Waals surface area (Å²) in [6.45, 7) is 10.7. The Kier molecular flexibility index (Phi) is 9.98. The van der Waals surface area contributed by atoms with E-state index in [0.29, 0.717) is 6.04 Å². The fraction of sp³-hybridized carbons (Fsp3) is 0.667. The topological polar surface area (TPSA) is 43.3 Å². The predicted octanol–water partition coefficient (Wildman–Crippen LogP) is 2.24. The SMILES string of the molecule is CCNC(=NCc1ccccc1CN(C)C)N1CCC(N2CCOCC2)C1.I. The van der Waals surface area contributed by atoms with Crippen molar-refractivity contribution in [2.45, 2.75) is 32.5 Å². The van der Waals surface area contributed by atoms with E-state index in [4.69, 9.17) is 9.73 Å². The van der Waals surface area contributed by atoms with Crippen molar-refractivity contribution in [3.05, 3.63) is 35.4 Å². The van der Waals surface area contributed by atoms with Crippen LogP contribution in [0.3, 0.4) is 0 Å². The molecule has 2 aliphatic heterocycles. The van der Waals surface area contributed by atoms with E-state index in [1.54, 1.807) is 0 Å². The maximum absolute atomic E-state index is 5.50. The summed E-state index contributed by atoms with van der Waals surface area (Å²) in [6.07, 6.45) is 1.21. The summed E-state index contributed by atoms with van der Waals surface area (Å²) in [6, 6.07) is 9.26. The van der Waals surface area contributed by atoms with Gasteiger partial charge in [0.25, 0.3) is 0 Å². The molecule has 0 aliphatic carbocycles. The molecule has 1 aromatic rings. The highest BCUT2D eigenvalue weighted by Gasteiger charge is 2.30. The number of guanidine groups is 1. The zero-order chi connectivity index (χ0) is 19.1. The Morgan fingerprint density at radius 1 is 1.18 bits per heavy atom. The highest BCUT2D eigenvalue weighted by molar-refractivity contribution is 14.0. The van der Waals surface area contributed by atoms with Crippen molar-refractivity contribution >= 4 is 29.9 Å². The van der Waals surface area contributed by atoms with Crippen molar-refractivity contribution in [3.8, 4) is 0 Å². The van der Waals surface area contributed by atoms with E-state index < -0.39 is 0 Å². The first kappa shape index (κ1) is 23.4. The largest absolute Gasteiger partial charge is 0.379 e. The number of morpholine rings is 1. The molecule has 1 aromatic carbocycles. The third-order valence-corrected chi connectivity index (χ3v) is 5.36. The zero-order valence-electron chi connectivity index (χ0n) is 17.6. The molecule has 28 heavy (non-hydrogen) atoms. The molecule has 0 amide bonds. The molecule has 2 saturated heterocycles. The Labute approximate surface area is 187 Å². The van der Waals surface area contributed by atoms with Gasteiger partial charge in [0.15, 0.2) is 5.96 Å². The number of nitrogens with zero attached hydrogens (tertiary/aromatic N) is 4. The van der Waals surface area contributed by atoms with E-state index in [1.165, 1.54) is 17.5 Å². The predicted molar refractivity (Wildman–Crippen MR) is 126 cm³/mol. The third kappa shape index (κ3) is 6.57. The minimum absolute atomic E-state index is 0. The van der Waals surface area contributed by atoms with Gasteiger partial charge in [-0.25, -0.2) is 4.99 Å². The molecule has 2 aliphatic rings. The van der Waals surface area contributed by atoms with Crippen molar-refractivity contribution in [2.24, 2.45) is 4.99 Å². The van der Waals surface area contributed by atoms with Crippen LogP contribution >= 0.6 is 24.0 Å². The molecular formula is C21H36IN5O. The van der Waals surface area contributed by atoms with Gasteiger partial charge in [-0.15, -0.1) is 24.0 Å². The minimum Gasteiger partial charge on any atom is -0.379 e. The van der Waals surface area contributed by atoms with Gasteiger partial charge >= 0.3 is 0 Å². The number of halogens is 1. The van der Waals surface area contributed by atoms with Crippen LogP contribution in [0.2, 0.25) is 0 Å². The van der Waals surface area contributed by atoms with Crippen molar-refractivity contribution in [2.75, 3.05) is 60.0 Å². The van der Waals surface area contributed by atoms with Crippen LogP contribution in [0, 0.1) is 0 Å². The highest BCUT2D eigenvalue weighted by atomic mass is 127. The van der Waals surface area contributed by atoms with Gasteiger partial charge in [-0.2, -0.15) is 0 Å². The van der Waals surface area contributed by atoms with Crippen LogP contribution in [0.5, 0.6) is 0 Å². The van der Waals surface area contributed by atoms with Gasteiger partial charge in [0.2, 0.25) is 0 Å². The van der Waals surface area contributed by atoms with Crippen LogP contribution in [0.15, 0.2) is 29.3 Å². The normalized spacial score (nSPS) is 21.1. The molecular weight excluding hydrogens is 465 g/mol. The summed E-state index contributed by atoms with van der Waals surface area (Å²) in [7, 11) is 4.22. The van der Waals surface area contributed by atoms with E-state index >= 15 is 0 Å². The molecule has 6 nitrogen and oxygen atoms in total. The Balaban J connectivity index is 0.00000280. The number of hydrogen-bond donors (Lipinski definition) is 1.